The van der Waals surface area contributed by atoms with Crippen LogP contribution in [0.3, 0.4) is 0 Å². The average molecular weight is 166 g/mol. The summed E-state index contributed by atoms with van der Waals surface area (Å²) in [6.07, 6.45) is 2.98. The number of nitrogens with two attached hydrogens (primary N) is 2. The molecule has 1 amide bonds. The summed E-state index contributed by atoms with van der Waals surface area (Å²) in [7, 11) is 0. The minimum Gasteiger partial charge on any atom is -0.383 e. The molecule has 1 aromatic rings. The van der Waals surface area contributed by atoms with Gasteiger partial charge in [0.25, 0.3) is 5.91 Å². The number of primary amides is 1. The number of aromatic nitrogens is 2. The second-order valence-corrected chi connectivity index (χ2v) is 2.28. The largest absolute Gasteiger partial charge is 0.383 e. The number of allylic oxidation sites excluding steroid dienone is 1. The van der Waals surface area contributed by atoms with Gasteiger partial charge in [-0.05, 0) is 0 Å². The van der Waals surface area contributed by atoms with Crippen LogP contribution in [0.2, 0.25) is 0 Å². The van der Waals surface area contributed by atoms with Gasteiger partial charge in [-0.1, -0.05) is 6.08 Å². The second-order valence-electron chi connectivity index (χ2n) is 2.28. The van der Waals surface area contributed by atoms with Crippen LogP contribution >= 0.6 is 0 Å². The summed E-state index contributed by atoms with van der Waals surface area (Å²) in [5, 5.41) is 3.85. The fraction of sp³-hybridized carbons (Fsp3) is 0.143. The van der Waals surface area contributed by atoms with Gasteiger partial charge in [-0.2, -0.15) is 5.10 Å². The molecule has 1 heterocycles. The molecule has 0 fully saturated rings. The van der Waals surface area contributed by atoms with Crippen molar-refractivity contribution in [3.8, 4) is 0 Å². The molecule has 5 heteroatoms. The Balaban J connectivity index is 3.03. The number of rotatable bonds is 3. The van der Waals surface area contributed by atoms with Crippen molar-refractivity contribution in [1.82, 2.24) is 9.78 Å². The van der Waals surface area contributed by atoms with Crippen molar-refractivity contribution < 1.29 is 4.79 Å². The molecule has 64 valence electrons. The van der Waals surface area contributed by atoms with E-state index in [-0.39, 0.29) is 11.4 Å². The maximum Gasteiger partial charge on any atom is 0.254 e. The van der Waals surface area contributed by atoms with Crippen LogP contribution in [-0.2, 0) is 6.54 Å². The number of carbonyl (C=O) groups is 1. The summed E-state index contributed by atoms with van der Waals surface area (Å²) < 4.78 is 1.45. The molecule has 0 aliphatic carbocycles. The normalized spacial score (nSPS) is 9.67. The van der Waals surface area contributed by atoms with E-state index < -0.39 is 5.91 Å². The van der Waals surface area contributed by atoms with E-state index in [2.05, 4.69) is 11.7 Å². The molecule has 0 atom stereocenters. The van der Waals surface area contributed by atoms with Crippen LogP contribution in [0, 0.1) is 0 Å². The first-order valence-corrected chi connectivity index (χ1v) is 3.38. The zero-order valence-corrected chi connectivity index (χ0v) is 6.53. The summed E-state index contributed by atoms with van der Waals surface area (Å²) in [6.45, 7) is 3.99. The predicted octanol–water partition coefficient (Wildman–Crippen LogP) is -0.250. The van der Waals surface area contributed by atoms with Gasteiger partial charge in [0.2, 0.25) is 0 Å². The van der Waals surface area contributed by atoms with E-state index in [4.69, 9.17) is 11.5 Å². The highest BCUT2D eigenvalue weighted by Crippen LogP contribution is 2.09. The zero-order valence-electron chi connectivity index (χ0n) is 6.53. The average Bonchev–Trinajstić information content (AvgIpc) is 2.34. The Morgan fingerprint density at radius 3 is 2.92 bits per heavy atom. The minimum atomic E-state index is -0.567. The highest BCUT2D eigenvalue weighted by molar-refractivity contribution is 5.96. The van der Waals surface area contributed by atoms with E-state index in [1.54, 1.807) is 6.08 Å². The monoisotopic (exact) mass is 166 g/mol. The summed E-state index contributed by atoms with van der Waals surface area (Å²) >= 11 is 0. The maximum absolute atomic E-state index is 10.7. The van der Waals surface area contributed by atoms with E-state index in [1.807, 2.05) is 0 Å². The highest BCUT2D eigenvalue weighted by atomic mass is 16.1. The lowest BCUT2D eigenvalue weighted by Crippen LogP contribution is -2.13. The van der Waals surface area contributed by atoms with Crippen molar-refractivity contribution in [1.29, 1.82) is 0 Å². The summed E-state index contributed by atoms with van der Waals surface area (Å²) in [5.74, 6) is -0.287. The predicted molar refractivity (Wildman–Crippen MR) is 45.4 cm³/mol. The molecular weight excluding hydrogens is 156 g/mol. The third kappa shape index (κ3) is 1.29. The molecule has 4 N–H and O–H groups in total. The molecule has 0 aromatic carbocycles. The molecule has 0 saturated carbocycles. The molecular formula is C7H10N4O. The van der Waals surface area contributed by atoms with Gasteiger partial charge < -0.3 is 11.5 Å². The molecule has 12 heavy (non-hydrogen) atoms. The third-order valence-electron chi connectivity index (χ3n) is 1.45. The molecule has 0 aliphatic heterocycles. The van der Waals surface area contributed by atoms with Crippen molar-refractivity contribution in [2.45, 2.75) is 6.54 Å². The summed E-state index contributed by atoms with van der Waals surface area (Å²) in [5.41, 5.74) is 10.8. The molecule has 1 aromatic heterocycles. The van der Waals surface area contributed by atoms with E-state index in [9.17, 15) is 4.79 Å². The Morgan fingerprint density at radius 1 is 1.83 bits per heavy atom. The van der Waals surface area contributed by atoms with E-state index in [0.29, 0.717) is 6.54 Å². The lowest BCUT2D eigenvalue weighted by Gasteiger charge is -1.98. The van der Waals surface area contributed by atoms with Gasteiger partial charge in [0.15, 0.2) is 0 Å². The Bertz CT molecular complexity index is 315. The van der Waals surface area contributed by atoms with Gasteiger partial charge >= 0.3 is 0 Å². The summed E-state index contributed by atoms with van der Waals surface area (Å²) in [6, 6.07) is 0. The van der Waals surface area contributed by atoms with Gasteiger partial charge in [-0.25, -0.2) is 4.68 Å². The number of hydrogen-bond acceptors (Lipinski definition) is 3. The molecule has 0 saturated heterocycles. The van der Waals surface area contributed by atoms with Gasteiger partial charge in [-0.3, -0.25) is 4.79 Å². The second kappa shape index (κ2) is 3.08. The number of carbonyl (C=O) groups excluding carboxylic acids is 1. The van der Waals surface area contributed by atoms with Crippen LogP contribution in [0.5, 0.6) is 0 Å². The molecule has 0 spiro atoms. The number of hydrogen-bond donors (Lipinski definition) is 2. The van der Waals surface area contributed by atoms with Gasteiger partial charge in [0, 0.05) is 0 Å². The van der Waals surface area contributed by atoms with Gasteiger partial charge in [0.1, 0.15) is 11.4 Å². The number of nitrogens with zero attached hydrogens (tertiary/aromatic N) is 2. The zero-order chi connectivity index (χ0) is 9.14. The van der Waals surface area contributed by atoms with Crippen LogP contribution in [-0.4, -0.2) is 15.7 Å². The molecule has 1 rings (SSSR count). The molecule has 5 nitrogen and oxygen atoms in total. The van der Waals surface area contributed by atoms with E-state index >= 15 is 0 Å². The summed E-state index contributed by atoms with van der Waals surface area (Å²) in [4.78, 5) is 10.7. The lowest BCUT2D eigenvalue weighted by molar-refractivity contribution is 0.100. The van der Waals surface area contributed by atoms with Crippen molar-refractivity contribution in [2.24, 2.45) is 5.73 Å². The quantitative estimate of drug-likeness (QED) is 0.607. The maximum atomic E-state index is 10.7. The molecule has 0 aliphatic rings. The molecule has 0 unspecified atom stereocenters. The van der Waals surface area contributed by atoms with Crippen LogP contribution < -0.4 is 11.5 Å². The first-order valence-electron chi connectivity index (χ1n) is 3.38. The van der Waals surface area contributed by atoms with Gasteiger partial charge in [0.05, 0.1) is 12.7 Å². The first kappa shape index (κ1) is 8.32. The number of nitrogen functional groups attached to an aromatic ring is 1. The van der Waals surface area contributed by atoms with Crippen molar-refractivity contribution in [3.05, 3.63) is 24.4 Å². The van der Waals surface area contributed by atoms with Crippen molar-refractivity contribution in [2.75, 3.05) is 5.73 Å². The van der Waals surface area contributed by atoms with Crippen LogP contribution in [0.25, 0.3) is 0 Å². The Kier molecular flexibility index (Phi) is 2.14. The van der Waals surface area contributed by atoms with E-state index in [1.165, 1.54) is 10.9 Å². The standard InChI is InChI=1S/C7H10N4O/c1-2-3-11-6(8)5(4-10-11)7(9)12/h2,4H,1,3,8H2,(H2,9,12). The smallest absolute Gasteiger partial charge is 0.254 e. The van der Waals surface area contributed by atoms with Crippen molar-refractivity contribution >= 4 is 11.7 Å². The lowest BCUT2D eigenvalue weighted by atomic mass is 10.3. The Hall–Kier alpha value is -1.78. The topological polar surface area (TPSA) is 86.9 Å². The Labute approximate surface area is 69.7 Å². The van der Waals surface area contributed by atoms with Gasteiger partial charge in [-0.15, -0.1) is 6.58 Å². The number of anilines is 1. The SMILES string of the molecule is C=CCn1ncc(C(N)=O)c1N. The third-order valence-corrected chi connectivity index (χ3v) is 1.45. The van der Waals surface area contributed by atoms with Crippen LogP contribution in [0.4, 0.5) is 5.82 Å². The number of amides is 1. The Morgan fingerprint density at radius 2 is 2.50 bits per heavy atom. The van der Waals surface area contributed by atoms with E-state index in [0.717, 1.165) is 0 Å². The first-order chi connectivity index (χ1) is 5.66. The van der Waals surface area contributed by atoms with Crippen LogP contribution in [0.15, 0.2) is 18.9 Å². The van der Waals surface area contributed by atoms with Crippen LogP contribution in [0.1, 0.15) is 10.4 Å². The molecule has 0 radical (unpaired) electrons. The minimum absolute atomic E-state index is 0.247. The fourth-order valence-electron chi connectivity index (χ4n) is 0.852. The highest BCUT2D eigenvalue weighted by Gasteiger charge is 2.10. The molecule has 0 bridgehead atoms. The fourth-order valence-corrected chi connectivity index (χ4v) is 0.852. The van der Waals surface area contributed by atoms with Crippen molar-refractivity contribution in [3.63, 3.8) is 0 Å².